The zero-order valence-electron chi connectivity index (χ0n) is 11.4. The van der Waals surface area contributed by atoms with E-state index >= 15 is 0 Å². The van der Waals surface area contributed by atoms with Gasteiger partial charge in [0.25, 0.3) is 5.91 Å². The number of carbonyl (C=O) groups is 1. The van der Waals surface area contributed by atoms with E-state index in [0.717, 1.165) is 32.6 Å². The van der Waals surface area contributed by atoms with Crippen LogP contribution >= 0.6 is 11.6 Å². The predicted molar refractivity (Wildman–Crippen MR) is 78.8 cm³/mol. The average molecular weight is 292 g/mol. The summed E-state index contributed by atoms with van der Waals surface area (Å²) in [5, 5.41) is 8.90. The predicted octanol–water partition coefficient (Wildman–Crippen LogP) is 1.94. The average Bonchev–Trinajstić information content (AvgIpc) is 2.73. The van der Waals surface area contributed by atoms with E-state index in [1.54, 1.807) is 24.3 Å². The van der Waals surface area contributed by atoms with E-state index in [4.69, 9.17) is 16.9 Å². The molecular formula is C15H18ClN3O. The highest BCUT2D eigenvalue weighted by Crippen LogP contribution is 2.11. The molecule has 4 nitrogen and oxygen atoms in total. The Hall–Kier alpha value is -1.57. The number of rotatable bonds is 3. The summed E-state index contributed by atoms with van der Waals surface area (Å²) in [7, 11) is 0. The summed E-state index contributed by atoms with van der Waals surface area (Å²) >= 11 is 5.76. The van der Waals surface area contributed by atoms with Crippen LogP contribution in [0.15, 0.2) is 24.3 Å². The molecule has 0 bridgehead atoms. The second-order valence-electron chi connectivity index (χ2n) is 4.87. The number of hydrogen-bond acceptors (Lipinski definition) is 3. The minimum Gasteiger partial charge on any atom is -0.337 e. The van der Waals surface area contributed by atoms with E-state index in [0.29, 0.717) is 23.6 Å². The Morgan fingerprint density at radius 2 is 2.15 bits per heavy atom. The fourth-order valence-electron chi connectivity index (χ4n) is 2.42. The number of halogens is 1. The van der Waals surface area contributed by atoms with Gasteiger partial charge in [-0.25, -0.2) is 0 Å². The van der Waals surface area contributed by atoms with Crippen molar-refractivity contribution in [3.63, 3.8) is 0 Å². The van der Waals surface area contributed by atoms with E-state index in [1.807, 2.05) is 4.90 Å². The van der Waals surface area contributed by atoms with Gasteiger partial charge in [-0.05, 0) is 31.2 Å². The lowest BCUT2D eigenvalue weighted by Gasteiger charge is -2.21. The van der Waals surface area contributed by atoms with E-state index < -0.39 is 0 Å². The van der Waals surface area contributed by atoms with Gasteiger partial charge in [0.15, 0.2) is 0 Å². The third kappa shape index (κ3) is 3.72. The zero-order chi connectivity index (χ0) is 14.4. The quantitative estimate of drug-likeness (QED) is 0.800. The Morgan fingerprint density at radius 3 is 2.90 bits per heavy atom. The van der Waals surface area contributed by atoms with Crippen LogP contribution in [0.1, 0.15) is 22.3 Å². The fraction of sp³-hybridized carbons (Fsp3) is 0.467. The highest BCUT2D eigenvalue weighted by atomic mass is 35.5. The van der Waals surface area contributed by atoms with Crippen LogP contribution in [0.25, 0.3) is 0 Å². The van der Waals surface area contributed by atoms with Crippen LogP contribution in [0.4, 0.5) is 0 Å². The fourth-order valence-corrected chi connectivity index (χ4v) is 2.66. The van der Waals surface area contributed by atoms with Gasteiger partial charge in [-0.15, -0.1) is 11.6 Å². The molecule has 1 aliphatic rings. The van der Waals surface area contributed by atoms with Crippen molar-refractivity contribution in [2.45, 2.75) is 6.42 Å². The molecule has 1 heterocycles. The number of amides is 1. The molecule has 106 valence electrons. The van der Waals surface area contributed by atoms with Gasteiger partial charge in [0, 0.05) is 37.6 Å². The van der Waals surface area contributed by atoms with Crippen molar-refractivity contribution < 1.29 is 4.79 Å². The van der Waals surface area contributed by atoms with Crippen LogP contribution in [0.5, 0.6) is 0 Å². The Bertz CT molecular complexity index is 512. The van der Waals surface area contributed by atoms with Gasteiger partial charge < -0.3 is 9.80 Å². The van der Waals surface area contributed by atoms with Crippen LogP contribution in [0, 0.1) is 11.3 Å². The Morgan fingerprint density at radius 1 is 1.30 bits per heavy atom. The van der Waals surface area contributed by atoms with Crippen LogP contribution in [-0.2, 0) is 0 Å². The van der Waals surface area contributed by atoms with E-state index in [-0.39, 0.29) is 5.91 Å². The number of nitriles is 1. The molecule has 1 amide bonds. The lowest BCUT2D eigenvalue weighted by molar-refractivity contribution is 0.0762. The van der Waals surface area contributed by atoms with Gasteiger partial charge >= 0.3 is 0 Å². The molecular weight excluding hydrogens is 274 g/mol. The normalized spacial score (nSPS) is 16.5. The monoisotopic (exact) mass is 291 g/mol. The van der Waals surface area contributed by atoms with Crippen molar-refractivity contribution in [1.82, 2.24) is 9.80 Å². The molecule has 1 aromatic carbocycles. The third-order valence-corrected chi connectivity index (χ3v) is 3.68. The van der Waals surface area contributed by atoms with Crippen LogP contribution in [0.3, 0.4) is 0 Å². The molecule has 0 N–H and O–H groups in total. The van der Waals surface area contributed by atoms with Crippen LogP contribution in [-0.4, -0.2) is 54.3 Å². The van der Waals surface area contributed by atoms with Gasteiger partial charge in [-0.3, -0.25) is 4.79 Å². The number of alkyl halides is 1. The Labute approximate surface area is 124 Å². The molecule has 2 rings (SSSR count). The maximum Gasteiger partial charge on any atom is 0.253 e. The molecule has 0 aromatic heterocycles. The molecule has 1 aliphatic heterocycles. The van der Waals surface area contributed by atoms with E-state index in [2.05, 4.69) is 11.0 Å². The minimum absolute atomic E-state index is 0.00910. The Balaban J connectivity index is 2.03. The summed E-state index contributed by atoms with van der Waals surface area (Å²) < 4.78 is 0. The lowest BCUT2D eigenvalue weighted by Crippen LogP contribution is -2.35. The summed E-state index contributed by atoms with van der Waals surface area (Å²) in [5.41, 5.74) is 1.12. The summed E-state index contributed by atoms with van der Waals surface area (Å²) in [4.78, 5) is 16.6. The van der Waals surface area contributed by atoms with Crippen molar-refractivity contribution in [1.29, 1.82) is 5.26 Å². The number of nitrogens with zero attached hydrogens (tertiary/aromatic N) is 3. The molecule has 20 heavy (non-hydrogen) atoms. The molecule has 1 aromatic rings. The van der Waals surface area contributed by atoms with Crippen molar-refractivity contribution in [2.24, 2.45) is 0 Å². The standard InChI is InChI=1S/C15H18ClN3O/c16-5-8-18-6-2-7-19(10-9-18)15(20)14-4-1-3-13(11-14)12-17/h1,3-4,11H,2,5-10H2. The second-order valence-corrected chi connectivity index (χ2v) is 5.25. The Kier molecular flexibility index (Phi) is 5.40. The minimum atomic E-state index is 0.00910. The maximum absolute atomic E-state index is 12.5. The van der Waals surface area contributed by atoms with Gasteiger partial charge in [-0.1, -0.05) is 6.07 Å². The number of benzene rings is 1. The molecule has 0 atom stereocenters. The summed E-state index contributed by atoms with van der Waals surface area (Å²) in [5.74, 6) is 0.632. The molecule has 1 fully saturated rings. The SMILES string of the molecule is N#Cc1cccc(C(=O)N2CCCN(CCCl)CC2)c1. The first-order chi connectivity index (χ1) is 9.74. The number of hydrogen-bond donors (Lipinski definition) is 0. The topological polar surface area (TPSA) is 47.3 Å². The molecule has 0 aliphatic carbocycles. The van der Waals surface area contributed by atoms with E-state index in [1.165, 1.54) is 0 Å². The van der Waals surface area contributed by atoms with Crippen LogP contribution < -0.4 is 0 Å². The lowest BCUT2D eigenvalue weighted by atomic mass is 10.1. The first-order valence-electron chi connectivity index (χ1n) is 6.82. The zero-order valence-corrected chi connectivity index (χ0v) is 12.1. The van der Waals surface area contributed by atoms with Gasteiger partial charge in [0.1, 0.15) is 0 Å². The summed E-state index contributed by atoms with van der Waals surface area (Å²) in [6, 6.07) is 8.96. The van der Waals surface area contributed by atoms with Gasteiger partial charge in [0.05, 0.1) is 11.6 Å². The van der Waals surface area contributed by atoms with Gasteiger partial charge in [-0.2, -0.15) is 5.26 Å². The van der Waals surface area contributed by atoms with Crippen molar-refractivity contribution in [3.8, 4) is 6.07 Å². The number of carbonyl (C=O) groups excluding carboxylic acids is 1. The summed E-state index contributed by atoms with van der Waals surface area (Å²) in [6.07, 6.45) is 0.959. The van der Waals surface area contributed by atoms with Crippen LogP contribution in [0.2, 0.25) is 0 Å². The van der Waals surface area contributed by atoms with Crippen molar-refractivity contribution in [2.75, 3.05) is 38.6 Å². The van der Waals surface area contributed by atoms with Gasteiger partial charge in [0.2, 0.25) is 0 Å². The molecule has 0 spiro atoms. The maximum atomic E-state index is 12.5. The molecule has 5 heteroatoms. The highest BCUT2D eigenvalue weighted by molar-refractivity contribution is 6.18. The molecule has 0 saturated carbocycles. The first-order valence-corrected chi connectivity index (χ1v) is 7.36. The largest absolute Gasteiger partial charge is 0.337 e. The van der Waals surface area contributed by atoms with Crippen molar-refractivity contribution in [3.05, 3.63) is 35.4 Å². The molecule has 1 saturated heterocycles. The smallest absolute Gasteiger partial charge is 0.253 e. The van der Waals surface area contributed by atoms with Crippen molar-refractivity contribution >= 4 is 17.5 Å². The highest BCUT2D eigenvalue weighted by Gasteiger charge is 2.20. The molecule has 0 radical (unpaired) electrons. The second kappa shape index (κ2) is 7.28. The third-order valence-electron chi connectivity index (χ3n) is 3.52. The summed E-state index contributed by atoms with van der Waals surface area (Å²) in [6.45, 7) is 4.18. The van der Waals surface area contributed by atoms with E-state index in [9.17, 15) is 4.79 Å². The molecule has 0 unspecified atom stereocenters. The first kappa shape index (κ1) is 14.8.